The van der Waals surface area contributed by atoms with Crippen LogP contribution in [0.5, 0.6) is 0 Å². The zero-order valence-electron chi connectivity index (χ0n) is 12.0. The highest BCUT2D eigenvalue weighted by molar-refractivity contribution is 8.19. The Morgan fingerprint density at radius 1 is 1.29 bits per heavy atom. The average molecular weight is 323 g/mol. The summed E-state index contributed by atoms with van der Waals surface area (Å²) in [6, 6.07) is 6.75. The summed E-state index contributed by atoms with van der Waals surface area (Å²) in [5.41, 5.74) is 1.41. The minimum absolute atomic E-state index is 0.0946. The third kappa shape index (κ3) is 2.16. The van der Waals surface area contributed by atoms with Crippen LogP contribution >= 0.6 is 23.5 Å². The smallest absolute Gasteiger partial charge is 0.200 e. The van der Waals surface area contributed by atoms with Gasteiger partial charge in [-0.05, 0) is 44.1 Å². The molecule has 1 aliphatic carbocycles. The van der Waals surface area contributed by atoms with Gasteiger partial charge in [0.15, 0.2) is 0 Å². The van der Waals surface area contributed by atoms with Crippen molar-refractivity contribution in [1.29, 1.82) is 0 Å². The summed E-state index contributed by atoms with van der Waals surface area (Å²) in [4.78, 5) is 15.5. The lowest BCUT2D eigenvalue weighted by atomic mass is 9.66. The van der Waals surface area contributed by atoms with E-state index in [4.69, 9.17) is 0 Å². The van der Waals surface area contributed by atoms with Gasteiger partial charge in [0.2, 0.25) is 4.84 Å². The maximum absolute atomic E-state index is 13.5. The summed E-state index contributed by atoms with van der Waals surface area (Å²) in [7, 11) is 2.13. The van der Waals surface area contributed by atoms with Crippen molar-refractivity contribution >= 4 is 29.3 Å². The number of carbonyl (C=O) groups excluding carboxylic acids is 1. The van der Waals surface area contributed by atoms with E-state index in [-0.39, 0.29) is 5.41 Å². The first-order chi connectivity index (χ1) is 10.1. The Hall–Kier alpha value is -0.520. The molecule has 3 aliphatic rings. The van der Waals surface area contributed by atoms with Gasteiger partial charge in [0.05, 0.1) is 0 Å². The molecule has 0 spiro atoms. The van der Waals surface area contributed by atoms with E-state index >= 15 is 0 Å². The van der Waals surface area contributed by atoms with E-state index in [0.29, 0.717) is 24.7 Å². The minimum Gasteiger partial charge on any atom is -0.302 e. The number of alkyl halides is 1. The van der Waals surface area contributed by atoms with Gasteiger partial charge < -0.3 is 4.90 Å². The Kier molecular flexibility index (Phi) is 3.36. The van der Waals surface area contributed by atoms with Crippen LogP contribution in [-0.2, 0) is 10.2 Å². The van der Waals surface area contributed by atoms with Crippen LogP contribution in [0.25, 0.3) is 0 Å². The van der Waals surface area contributed by atoms with Crippen molar-refractivity contribution in [2.75, 3.05) is 13.6 Å². The van der Waals surface area contributed by atoms with Crippen LogP contribution in [0.2, 0.25) is 0 Å². The molecule has 2 nitrogen and oxygen atoms in total. The topological polar surface area (TPSA) is 20.3 Å². The molecule has 1 unspecified atom stereocenters. The van der Waals surface area contributed by atoms with Gasteiger partial charge in [-0.15, -0.1) is 0 Å². The standard InChI is InChI=1S/C16H18FNOS2/c1-18-7-6-16(5-4-11(19)9-14(16)18)10-2-3-12-13(8-10)21-15(17)20-12/h2-3,8,14-15H,4-7,9H2,1H3/t14-,15?,16-/m0/s1. The molecule has 5 heteroatoms. The molecule has 2 fully saturated rings. The zero-order valence-corrected chi connectivity index (χ0v) is 13.6. The number of nitrogens with zero attached hydrogens (tertiary/aromatic N) is 1. The first-order valence-electron chi connectivity index (χ1n) is 7.42. The Bertz CT molecular complexity index is 608. The first kappa shape index (κ1) is 14.1. The summed E-state index contributed by atoms with van der Waals surface area (Å²) >= 11 is 2.62. The Labute approximate surface area is 132 Å². The van der Waals surface area contributed by atoms with E-state index in [1.165, 1.54) is 29.1 Å². The molecule has 2 aliphatic heterocycles. The maximum atomic E-state index is 13.5. The van der Waals surface area contributed by atoms with Crippen molar-refractivity contribution in [2.24, 2.45) is 0 Å². The number of hydrogen-bond acceptors (Lipinski definition) is 4. The summed E-state index contributed by atoms with van der Waals surface area (Å²) in [5, 5.41) is 0. The summed E-state index contributed by atoms with van der Waals surface area (Å²) in [5.74, 6) is 0.388. The summed E-state index contributed by atoms with van der Waals surface area (Å²) in [6.45, 7) is 1.04. The fourth-order valence-electron chi connectivity index (χ4n) is 4.16. The number of hydrogen-bond donors (Lipinski definition) is 0. The van der Waals surface area contributed by atoms with Crippen molar-refractivity contribution in [3.05, 3.63) is 23.8 Å². The monoisotopic (exact) mass is 323 g/mol. The van der Waals surface area contributed by atoms with Gasteiger partial charge in [-0.1, -0.05) is 29.6 Å². The normalized spacial score (nSPS) is 35.8. The van der Waals surface area contributed by atoms with Crippen LogP contribution in [0.4, 0.5) is 4.39 Å². The second-order valence-corrected chi connectivity index (χ2v) is 8.79. The predicted molar refractivity (Wildman–Crippen MR) is 84.6 cm³/mol. The molecule has 1 aromatic carbocycles. The van der Waals surface area contributed by atoms with E-state index in [2.05, 4.69) is 30.1 Å². The highest BCUT2D eigenvalue weighted by atomic mass is 32.2. The number of halogens is 1. The molecule has 21 heavy (non-hydrogen) atoms. The van der Waals surface area contributed by atoms with Crippen molar-refractivity contribution in [3.63, 3.8) is 0 Å². The fraction of sp³-hybridized carbons (Fsp3) is 0.562. The summed E-state index contributed by atoms with van der Waals surface area (Å²) < 4.78 is 13.5. The first-order valence-corrected chi connectivity index (χ1v) is 9.18. The molecule has 1 saturated carbocycles. The number of fused-ring (bicyclic) bond motifs is 2. The van der Waals surface area contributed by atoms with E-state index in [1.54, 1.807) is 0 Å². The summed E-state index contributed by atoms with van der Waals surface area (Å²) in [6.07, 6.45) is 3.41. The lowest BCUT2D eigenvalue weighted by Crippen LogP contribution is -2.46. The number of likely N-dealkylation sites (tertiary alicyclic amines) is 1. The highest BCUT2D eigenvalue weighted by Gasteiger charge is 2.50. The number of thioether (sulfide) groups is 2. The lowest BCUT2D eigenvalue weighted by Gasteiger charge is -2.41. The molecule has 0 radical (unpaired) electrons. The Morgan fingerprint density at radius 2 is 2.10 bits per heavy atom. The molecule has 0 aromatic heterocycles. The van der Waals surface area contributed by atoms with Crippen LogP contribution in [0.1, 0.15) is 31.2 Å². The van der Waals surface area contributed by atoms with Crippen molar-refractivity contribution in [3.8, 4) is 0 Å². The molecule has 3 atom stereocenters. The Morgan fingerprint density at radius 3 is 2.95 bits per heavy atom. The molecule has 112 valence electrons. The van der Waals surface area contributed by atoms with E-state index in [1.807, 2.05) is 0 Å². The van der Waals surface area contributed by atoms with Gasteiger partial charge in [-0.25, -0.2) is 4.39 Å². The molecule has 2 heterocycles. The van der Waals surface area contributed by atoms with E-state index < -0.39 is 4.84 Å². The number of likely N-dealkylation sites (N-methyl/N-ethyl adjacent to an activating group) is 1. The highest BCUT2D eigenvalue weighted by Crippen LogP contribution is 2.52. The average Bonchev–Trinajstić information content (AvgIpc) is 2.99. The van der Waals surface area contributed by atoms with Gasteiger partial charge in [0.25, 0.3) is 0 Å². The molecule has 4 rings (SSSR count). The SMILES string of the molecule is CN1CC[C@]2(c3ccc4c(c3)SC(F)S4)CCC(=O)C[C@H]12. The van der Waals surface area contributed by atoms with Crippen molar-refractivity contribution in [2.45, 2.75) is 51.8 Å². The molecule has 0 N–H and O–H groups in total. The second kappa shape index (κ2) is 5.00. The molecule has 1 saturated heterocycles. The van der Waals surface area contributed by atoms with E-state index in [0.717, 1.165) is 29.2 Å². The van der Waals surface area contributed by atoms with Gasteiger partial charge >= 0.3 is 0 Å². The van der Waals surface area contributed by atoms with Gasteiger partial charge in [0.1, 0.15) is 5.78 Å². The molecule has 1 aromatic rings. The van der Waals surface area contributed by atoms with Crippen molar-refractivity contribution < 1.29 is 9.18 Å². The molecule has 0 amide bonds. The lowest BCUT2D eigenvalue weighted by molar-refractivity contribution is -0.122. The number of rotatable bonds is 1. The van der Waals surface area contributed by atoms with Gasteiger partial charge in [0, 0.05) is 34.1 Å². The van der Waals surface area contributed by atoms with Crippen LogP contribution < -0.4 is 0 Å². The van der Waals surface area contributed by atoms with Crippen LogP contribution in [0.3, 0.4) is 0 Å². The van der Waals surface area contributed by atoms with Crippen LogP contribution in [0, 0.1) is 0 Å². The van der Waals surface area contributed by atoms with Crippen LogP contribution in [0.15, 0.2) is 28.0 Å². The fourth-order valence-corrected chi connectivity index (χ4v) is 6.36. The number of ketones is 1. The van der Waals surface area contributed by atoms with Gasteiger partial charge in [-0.3, -0.25) is 4.79 Å². The number of benzene rings is 1. The molecular weight excluding hydrogens is 305 g/mol. The number of Topliss-reactive ketones (excluding diaryl/α,β-unsaturated/α-hetero) is 1. The van der Waals surface area contributed by atoms with Crippen molar-refractivity contribution in [1.82, 2.24) is 4.90 Å². The zero-order chi connectivity index (χ0) is 14.6. The number of carbonyl (C=O) groups is 1. The quantitative estimate of drug-likeness (QED) is 0.782. The maximum Gasteiger partial charge on any atom is 0.200 e. The minimum atomic E-state index is -0.872. The molecular formula is C16H18FNOS2. The molecule has 0 bridgehead atoms. The van der Waals surface area contributed by atoms with Crippen LogP contribution in [-0.4, -0.2) is 35.2 Å². The third-order valence-electron chi connectivity index (χ3n) is 5.31. The predicted octanol–water partition coefficient (Wildman–Crippen LogP) is 3.83. The second-order valence-electron chi connectivity index (χ2n) is 6.32. The Balaban J connectivity index is 1.75. The third-order valence-corrected chi connectivity index (χ3v) is 7.59. The van der Waals surface area contributed by atoms with Gasteiger partial charge in [-0.2, -0.15) is 0 Å². The largest absolute Gasteiger partial charge is 0.302 e. The van der Waals surface area contributed by atoms with E-state index in [9.17, 15) is 9.18 Å².